The van der Waals surface area contributed by atoms with Gasteiger partial charge in [-0.15, -0.1) is 0 Å². The fraction of sp³-hybridized carbons (Fsp3) is 0.182. The highest BCUT2D eigenvalue weighted by Gasteiger charge is 2.23. The highest BCUT2D eigenvalue weighted by Crippen LogP contribution is 2.39. The molecule has 0 aliphatic rings. The number of nitrogens with zero attached hydrogens (tertiary/aromatic N) is 2. The van der Waals surface area contributed by atoms with Gasteiger partial charge >= 0.3 is 0 Å². The lowest BCUT2D eigenvalue weighted by Crippen LogP contribution is -2.17. The van der Waals surface area contributed by atoms with E-state index in [1.165, 1.54) is 25.5 Å². The van der Waals surface area contributed by atoms with Crippen molar-refractivity contribution in [1.82, 2.24) is 9.78 Å². The van der Waals surface area contributed by atoms with Crippen molar-refractivity contribution in [2.45, 2.75) is 0 Å². The summed E-state index contributed by atoms with van der Waals surface area (Å²) in [5, 5.41) is 3.64. The van der Waals surface area contributed by atoms with E-state index < -0.39 is 18.8 Å². The number of rotatable bonds is 2. The van der Waals surface area contributed by atoms with Crippen molar-refractivity contribution >= 4 is 18.1 Å². The van der Waals surface area contributed by atoms with Crippen LogP contribution in [0.25, 0.3) is 5.69 Å². The summed E-state index contributed by atoms with van der Waals surface area (Å²) < 4.78 is 40.2. The van der Waals surface area contributed by atoms with Gasteiger partial charge in [-0.3, -0.25) is 0 Å². The van der Waals surface area contributed by atoms with E-state index in [0.717, 1.165) is 17.1 Å². The lowest BCUT2D eigenvalue weighted by atomic mass is 10.2. The van der Waals surface area contributed by atoms with Crippen molar-refractivity contribution in [2.75, 3.05) is 19.1 Å². The molecule has 1 aromatic carbocycles. The Morgan fingerprint density at radius 2 is 2.00 bits per heavy atom. The van der Waals surface area contributed by atoms with Crippen LogP contribution in [0.5, 0.6) is 0 Å². The molecule has 1 heterocycles. The standard InChI is InChI=1S/C11H12F2N3OP/c1-18(2,17)11-8(14)3-4-9(10(11)13)16-6-7(12)5-15-16/h3-6H,14H2,1-2H3. The molecule has 0 bridgehead atoms. The second kappa shape index (κ2) is 4.21. The molecule has 0 unspecified atom stereocenters. The van der Waals surface area contributed by atoms with Gasteiger partial charge in [-0.1, -0.05) is 0 Å². The van der Waals surface area contributed by atoms with Crippen LogP contribution in [-0.2, 0) is 4.57 Å². The number of anilines is 1. The van der Waals surface area contributed by atoms with Crippen LogP contribution in [0, 0.1) is 11.6 Å². The summed E-state index contributed by atoms with van der Waals surface area (Å²) in [5.74, 6) is -1.31. The number of hydrogen-bond acceptors (Lipinski definition) is 3. The molecule has 2 rings (SSSR count). The molecule has 4 nitrogen and oxygen atoms in total. The zero-order chi connectivity index (χ0) is 13.5. The lowest BCUT2D eigenvalue weighted by Gasteiger charge is -2.14. The summed E-state index contributed by atoms with van der Waals surface area (Å²) in [6, 6.07) is 2.81. The third kappa shape index (κ3) is 2.16. The number of hydrogen-bond donors (Lipinski definition) is 1. The van der Waals surface area contributed by atoms with Crippen molar-refractivity contribution < 1.29 is 13.3 Å². The predicted molar refractivity (Wildman–Crippen MR) is 67.0 cm³/mol. The van der Waals surface area contributed by atoms with Gasteiger partial charge in [-0.05, 0) is 25.5 Å². The third-order valence-electron chi connectivity index (χ3n) is 2.46. The van der Waals surface area contributed by atoms with E-state index in [0.29, 0.717) is 0 Å². The number of nitrogen functional groups attached to an aromatic ring is 1. The van der Waals surface area contributed by atoms with Gasteiger partial charge in [0.25, 0.3) is 0 Å². The molecular weight excluding hydrogens is 259 g/mol. The average Bonchev–Trinajstić information content (AvgIpc) is 2.62. The molecule has 0 radical (unpaired) electrons. The molecule has 0 fully saturated rings. The maximum atomic E-state index is 14.3. The molecule has 96 valence electrons. The Labute approximate surface area is 103 Å². The Hall–Kier alpha value is -1.68. The summed E-state index contributed by atoms with van der Waals surface area (Å²) in [7, 11) is -2.87. The molecule has 7 heteroatoms. The average molecular weight is 271 g/mol. The molecule has 0 saturated heterocycles. The van der Waals surface area contributed by atoms with Gasteiger partial charge in [0.1, 0.15) is 12.8 Å². The Morgan fingerprint density at radius 1 is 1.33 bits per heavy atom. The second-order valence-electron chi connectivity index (χ2n) is 4.29. The van der Waals surface area contributed by atoms with Crippen LogP contribution in [-0.4, -0.2) is 23.1 Å². The lowest BCUT2D eigenvalue weighted by molar-refractivity contribution is 0.583. The van der Waals surface area contributed by atoms with E-state index in [9.17, 15) is 13.3 Å². The van der Waals surface area contributed by atoms with Crippen LogP contribution >= 0.6 is 7.14 Å². The first kappa shape index (κ1) is 12.8. The minimum absolute atomic E-state index is 0.0204. The Morgan fingerprint density at radius 3 is 2.50 bits per heavy atom. The van der Waals surface area contributed by atoms with E-state index >= 15 is 0 Å². The molecule has 1 aromatic heterocycles. The first-order valence-corrected chi connectivity index (χ1v) is 7.75. The van der Waals surface area contributed by atoms with Crippen molar-refractivity contribution in [1.29, 1.82) is 0 Å². The van der Waals surface area contributed by atoms with Gasteiger partial charge in [0.2, 0.25) is 0 Å². The van der Waals surface area contributed by atoms with Crippen LogP contribution in [0.3, 0.4) is 0 Å². The highest BCUT2D eigenvalue weighted by molar-refractivity contribution is 7.70. The van der Waals surface area contributed by atoms with E-state index in [1.54, 1.807) is 0 Å². The Kier molecular flexibility index (Phi) is 2.99. The van der Waals surface area contributed by atoms with Crippen molar-refractivity contribution in [2.24, 2.45) is 0 Å². The number of nitrogens with two attached hydrogens (primary N) is 1. The molecular formula is C11H12F2N3OP. The summed E-state index contributed by atoms with van der Waals surface area (Å²) in [6.07, 6.45) is 2.00. The van der Waals surface area contributed by atoms with Gasteiger partial charge < -0.3 is 10.3 Å². The van der Waals surface area contributed by atoms with Crippen molar-refractivity contribution in [3.63, 3.8) is 0 Å². The molecule has 0 amide bonds. The van der Waals surface area contributed by atoms with Gasteiger partial charge in [0, 0.05) is 5.69 Å². The van der Waals surface area contributed by atoms with Gasteiger partial charge in [-0.25, -0.2) is 13.5 Å². The highest BCUT2D eigenvalue weighted by atomic mass is 31.2. The quantitative estimate of drug-likeness (QED) is 0.671. The molecule has 0 saturated carbocycles. The Bertz CT molecular complexity index is 648. The topological polar surface area (TPSA) is 60.9 Å². The first-order valence-electron chi connectivity index (χ1n) is 5.15. The van der Waals surface area contributed by atoms with Crippen LogP contribution in [0.4, 0.5) is 14.5 Å². The molecule has 0 aliphatic heterocycles. The number of halogens is 2. The smallest absolute Gasteiger partial charge is 0.161 e. The molecule has 0 atom stereocenters. The first-order chi connectivity index (χ1) is 8.30. The van der Waals surface area contributed by atoms with E-state index in [4.69, 9.17) is 5.73 Å². The normalized spacial score (nSPS) is 11.8. The number of benzene rings is 1. The molecule has 18 heavy (non-hydrogen) atoms. The zero-order valence-electron chi connectivity index (χ0n) is 9.89. The molecule has 0 spiro atoms. The van der Waals surface area contributed by atoms with Gasteiger partial charge in [0.15, 0.2) is 11.6 Å². The second-order valence-corrected chi connectivity index (χ2v) is 7.44. The van der Waals surface area contributed by atoms with E-state index in [-0.39, 0.29) is 16.7 Å². The SMILES string of the molecule is CP(C)(=O)c1c(N)ccc(-n2cc(F)cn2)c1F. The minimum Gasteiger partial charge on any atom is -0.398 e. The number of aromatic nitrogens is 2. The zero-order valence-corrected chi connectivity index (χ0v) is 10.8. The van der Waals surface area contributed by atoms with Crippen molar-refractivity contribution in [3.8, 4) is 5.69 Å². The predicted octanol–water partition coefficient (Wildman–Crippen LogP) is 1.98. The summed E-state index contributed by atoms with van der Waals surface area (Å²) in [6.45, 7) is 2.85. The summed E-state index contributed by atoms with van der Waals surface area (Å²) in [5.41, 5.74) is 5.79. The maximum absolute atomic E-state index is 14.3. The molecule has 2 aromatic rings. The van der Waals surface area contributed by atoms with Crippen LogP contribution < -0.4 is 11.0 Å². The Balaban J connectivity index is 2.69. The largest absolute Gasteiger partial charge is 0.398 e. The van der Waals surface area contributed by atoms with Crippen LogP contribution in [0.1, 0.15) is 0 Å². The molecule has 0 aliphatic carbocycles. The molecule has 2 N–H and O–H groups in total. The van der Waals surface area contributed by atoms with Gasteiger partial charge in [-0.2, -0.15) is 5.10 Å². The monoisotopic (exact) mass is 271 g/mol. The van der Waals surface area contributed by atoms with Crippen LogP contribution in [0.2, 0.25) is 0 Å². The van der Waals surface area contributed by atoms with E-state index in [2.05, 4.69) is 5.10 Å². The van der Waals surface area contributed by atoms with Crippen molar-refractivity contribution in [3.05, 3.63) is 36.2 Å². The van der Waals surface area contributed by atoms with Gasteiger partial charge in [0.05, 0.1) is 17.7 Å². The summed E-state index contributed by atoms with van der Waals surface area (Å²) >= 11 is 0. The maximum Gasteiger partial charge on any atom is 0.161 e. The fourth-order valence-electron chi connectivity index (χ4n) is 1.73. The summed E-state index contributed by atoms with van der Waals surface area (Å²) in [4.78, 5) is 0. The minimum atomic E-state index is -2.87. The van der Waals surface area contributed by atoms with E-state index in [1.807, 2.05) is 0 Å². The van der Waals surface area contributed by atoms with Crippen LogP contribution in [0.15, 0.2) is 24.5 Å². The third-order valence-corrected chi connectivity index (χ3v) is 3.99. The fourth-order valence-corrected chi connectivity index (χ4v) is 3.01.